The zero-order valence-electron chi connectivity index (χ0n) is 16.4. The topological polar surface area (TPSA) is 19.0 Å². The number of piperidine rings is 2. The molecule has 0 spiro atoms. The highest BCUT2D eigenvalue weighted by atomic mass is 16.5. The molecule has 0 N–H and O–H groups in total. The quantitative estimate of drug-likeness (QED) is 0.777. The Hall–Kier alpha value is -0.160. The minimum atomic E-state index is 0.559. The number of fused-ring (bicyclic) bond motifs is 1. The van der Waals surface area contributed by atoms with E-state index < -0.39 is 0 Å². The molecule has 1 aliphatic carbocycles. The number of morpholine rings is 1. The van der Waals surface area contributed by atoms with Crippen LogP contribution in [0.15, 0.2) is 0 Å². The summed E-state index contributed by atoms with van der Waals surface area (Å²) >= 11 is 0. The first kappa shape index (κ1) is 18.2. The van der Waals surface area contributed by atoms with Gasteiger partial charge >= 0.3 is 0 Å². The first-order valence-corrected chi connectivity index (χ1v) is 11.0. The van der Waals surface area contributed by atoms with Crippen molar-refractivity contribution in [1.29, 1.82) is 0 Å². The molecule has 3 saturated heterocycles. The fourth-order valence-corrected chi connectivity index (χ4v) is 6.25. The lowest BCUT2D eigenvalue weighted by atomic mass is 9.72. The van der Waals surface area contributed by atoms with Crippen molar-refractivity contribution in [2.75, 3.05) is 66.1 Å². The number of hydrogen-bond acceptors (Lipinski definition) is 4. The van der Waals surface area contributed by atoms with Crippen molar-refractivity contribution in [1.82, 2.24) is 14.7 Å². The van der Waals surface area contributed by atoms with E-state index in [1.54, 1.807) is 0 Å². The van der Waals surface area contributed by atoms with Gasteiger partial charge in [-0.25, -0.2) is 0 Å². The third-order valence-corrected chi connectivity index (χ3v) is 7.57. The Morgan fingerprint density at radius 1 is 0.840 bits per heavy atom. The predicted octanol–water partition coefficient (Wildman–Crippen LogP) is 2.69. The number of ether oxygens (including phenoxy) is 1. The Bertz CT molecular complexity index is 417. The van der Waals surface area contributed by atoms with E-state index in [-0.39, 0.29) is 0 Å². The second-order valence-corrected chi connectivity index (χ2v) is 9.42. The van der Waals surface area contributed by atoms with E-state index in [0.29, 0.717) is 5.41 Å². The van der Waals surface area contributed by atoms with E-state index >= 15 is 0 Å². The summed E-state index contributed by atoms with van der Waals surface area (Å²) in [6, 6.07) is 0.867. The maximum atomic E-state index is 5.58. The number of nitrogens with zero attached hydrogens (tertiary/aromatic N) is 3. The average molecular weight is 350 g/mol. The van der Waals surface area contributed by atoms with E-state index in [1.165, 1.54) is 84.1 Å². The summed E-state index contributed by atoms with van der Waals surface area (Å²) in [5.41, 5.74) is 0.559. The van der Waals surface area contributed by atoms with E-state index in [2.05, 4.69) is 21.7 Å². The molecular weight excluding hydrogens is 310 g/mol. The number of rotatable bonds is 4. The molecule has 0 aromatic rings. The number of likely N-dealkylation sites (tertiary alicyclic amines) is 2. The van der Waals surface area contributed by atoms with Crippen molar-refractivity contribution in [2.24, 2.45) is 11.3 Å². The largest absolute Gasteiger partial charge is 0.379 e. The Morgan fingerprint density at radius 2 is 1.60 bits per heavy atom. The smallest absolute Gasteiger partial charge is 0.0594 e. The number of hydrogen-bond donors (Lipinski definition) is 0. The van der Waals surface area contributed by atoms with Gasteiger partial charge < -0.3 is 14.5 Å². The van der Waals surface area contributed by atoms with E-state index in [1.807, 2.05) is 0 Å². The summed E-state index contributed by atoms with van der Waals surface area (Å²) in [5.74, 6) is 0.927. The zero-order valence-corrected chi connectivity index (χ0v) is 16.4. The average Bonchev–Trinajstić information content (AvgIpc) is 2.63. The fraction of sp³-hybridized carbons (Fsp3) is 1.00. The summed E-state index contributed by atoms with van der Waals surface area (Å²) in [5, 5.41) is 0. The van der Waals surface area contributed by atoms with Crippen molar-refractivity contribution >= 4 is 0 Å². The first-order chi connectivity index (χ1) is 12.2. The van der Waals surface area contributed by atoms with Crippen molar-refractivity contribution in [3.63, 3.8) is 0 Å². The zero-order chi connectivity index (χ0) is 17.1. The molecule has 3 heterocycles. The Morgan fingerprint density at radius 3 is 2.40 bits per heavy atom. The molecule has 25 heavy (non-hydrogen) atoms. The van der Waals surface area contributed by atoms with Crippen molar-refractivity contribution in [3.05, 3.63) is 0 Å². The van der Waals surface area contributed by atoms with Gasteiger partial charge in [0, 0.05) is 38.8 Å². The third kappa shape index (κ3) is 4.40. The standard InChI is InChI=1S/C21H39N3O/c1-22-10-5-6-19-16-24(11-7-20(19)22)18-21(8-3-2-4-9-21)17-23-12-14-25-15-13-23/h19-20H,2-18H2,1H3. The van der Waals surface area contributed by atoms with Gasteiger partial charge in [-0.3, -0.25) is 4.90 Å². The highest BCUT2D eigenvalue weighted by Crippen LogP contribution is 2.39. The van der Waals surface area contributed by atoms with Gasteiger partial charge in [0.1, 0.15) is 0 Å². The predicted molar refractivity (Wildman–Crippen MR) is 103 cm³/mol. The van der Waals surface area contributed by atoms with E-state index in [4.69, 9.17) is 4.74 Å². The van der Waals surface area contributed by atoms with Crippen LogP contribution in [0.4, 0.5) is 0 Å². The van der Waals surface area contributed by atoms with Crippen LogP contribution < -0.4 is 0 Å². The molecule has 0 bridgehead atoms. The second kappa shape index (κ2) is 8.24. The summed E-state index contributed by atoms with van der Waals surface area (Å²) in [7, 11) is 2.35. The summed E-state index contributed by atoms with van der Waals surface area (Å²) in [6.07, 6.45) is 11.5. The highest BCUT2D eigenvalue weighted by Gasteiger charge is 2.40. The molecule has 0 amide bonds. The first-order valence-electron chi connectivity index (χ1n) is 11.0. The van der Waals surface area contributed by atoms with Gasteiger partial charge in [0.05, 0.1) is 13.2 Å². The van der Waals surface area contributed by atoms with Gasteiger partial charge in [0.25, 0.3) is 0 Å². The highest BCUT2D eigenvalue weighted by molar-refractivity contribution is 4.94. The van der Waals surface area contributed by atoms with Crippen LogP contribution in [0, 0.1) is 11.3 Å². The van der Waals surface area contributed by atoms with Crippen LogP contribution in [0.2, 0.25) is 0 Å². The van der Waals surface area contributed by atoms with Crippen molar-refractivity contribution in [3.8, 4) is 0 Å². The lowest BCUT2D eigenvalue weighted by Gasteiger charge is -2.50. The van der Waals surface area contributed by atoms with Crippen LogP contribution in [-0.4, -0.2) is 86.8 Å². The van der Waals surface area contributed by atoms with Gasteiger partial charge in [-0.05, 0) is 63.6 Å². The van der Waals surface area contributed by atoms with Gasteiger partial charge in [-0.15, -0.1) is 0 Å². The Kier molecular flexibility index (Phi) is 6.01. The molecule has 2 atom stereocenters. The molecule has 0 radical (unpaired) electrons. The van der Waals surface area contributed by atoms with Gasteiger partial charge in [-0.1, -0.05) is 19.3 Å². The minimum Gasteiger partial charge on any atom is -0.379 e. The van der Waals surface area contributed by atoms with E-state index in [9.17, 15) is 0 Å². The van der Waals surface area contributed by atoms with Crippen LogP contribution >= 0.6 is 0 Å². The lowest BCUT2D eigenvalue weighted by Crippen LogP contribution is -2.56. The molecule has 4 aliphatic rings. The Balaban J connectivity index is 1.38. The van der Waals surface area contributed by atoms with Gasteiger partial charge in [0.15, 0.2) is 0 Å². The molecule has 2 unspecified atom stereocenters. The van der Waals surface area contributed by atoms with Crippen molar-refractivity contribution < 1.29 is 4.74 Å². The van der Waals surface area contributed by atoms with E-state index in [0.717, 1.165) is 38.3 Å². The van der Waals surface area contributed by atoms with Crippen LogP contribution in [0.1, 0.15) is 51.4 Å². The molecule has 4 fully saturated rings. The summed E-state index contributed by atoms with van der Waals surface area (Å²) in [6.45, 7) is 10.9. The van der Waals surface area contributed by atoms with Crippen LogP contribution in [0.5, 0.6) is 0 Å². The molecule has 144 valence electrons. The van der Waals surface area contributed by atoms with Gasteiger partial charge in [-0.2, -0.15) is 0 Å². The normalized spacial score (nSPS) is 35.4. The Labute approximate surface area is 154 Å². The molecule has 3 aliphatic heterocycles. The molecule has 4 heteroatoms. The molecule has 4 rings (SSSR count). The van der Waals surface area contributed by atoms with Crippen LogP contribution in [0.25, 0.3) is 0 Å². The summed E-state index contributed by atoms with van der Waals surface area (Å²) in [4.78, 5) is 8.22. The van der Waals surface area contributed by atoms with Gasteiger partial charge in [0.2, 0.25) is 0 Å². The maximum Gasteiger partial charge on any atom is 0.0594 e. The van der Waals surface area contributed by atoms with Crippen molar-refractivity contribution in [2.45, 2.75) is 57.4 Å². The second-order valence-electron chi connectivity index (χ2n) is 9.42. The molecule has 0 aromatic carbocycles. The molecule has 1 saturated carbocycles. The molecular formula is C21H39N3O. The fourth-order valence-electron chi connectivity index (χ4n) is 6.25. The molecule has 0 aromatic heterocycles. The maximum absolute atomic E-state index is 5.58. The SMILES string of the molecule is CN1CCCC2CN(CC3(CN4CCOCC4)CCCCC3)CCC21. The lowest BCUT2D eigenvalue weighted by molar-refractivity contribution is -0.0213. The van der Waals surface area contributed by atoms with Crippen LogP contribution in [-0.2, 0) is 4.74 Å². The monoisotopic (exact) mass is 349 g/mol. The summed E-state index contributed by atoms with van der Waals surface area (Å²) < 4.78 is 5.58. The molecule has 4 nitrogen and oxygen atoms in total. The minimum absolute atomic E-state index is 0.559. The van der Waals surface area contributed by atoms with Crippen LogP contribution in [0.3, 0.4) is 0 Å². The third-order valence-electron chi connectivity index (χ3n) is 7.57.